The van der Waals surface area contributed by atoms with E-state index in [1.165, 1.54) is 6.42 Å². The van der Waals surface area contributed by atoms with Gasteiger partial charge in [0.15, 0.2) is 0 Å². The van der Waals surface area contributed by atoms with Crippen molar-refractivity contribution in [2.45, 2.75) is 45.1 Å². The SMILES string of the molecule is CCOC(=O)CCCCN1CCCC1CO. The van der Waals surface area contributed by atoms with Gasteiger partial charge in [0.1, 0.15) is 0 Å². The predicted octanol–water partition coefficient (Wildman–Crippen LogP) is 1.18. The molecular formula is C12H23NO3. The molecule has 4 nitrogen and oxygen atoms in total. The normalized spacial score (nSPS) is 21.2. The topological polar surface area (TPSA) is 49.8 Å². The molecule has 0 aromatic heterocycles. The van der Waals surface area contributed by atoms with Gasteiger partial charge in [0, 0.05) is 12.5 Å². The van der Waals surface area contributed by atoms with Crippen molar-refractivity contribution in [1.29, 1.82) is 0 Å². The quantitative estimate of drug-likeness (QED) is 0.526. The second-order valence-corrected chi connectivity index (χ2v) is 4.28. The molecular weight excluding hydrogens is 206 g/mol. The number of aliphatic hydroxyl groups excluding tert-OH is 1. The predicted molar refractivity (Wildman–Crippen MR) is 62.2 cm³/mol. The van der Waals surface area contributed by atoms with E-state index in [9.17, 15) is 4.79 Å². The highest BCUT2D eigenvalue weighted by Gasteiger charge is 2.22. The Labute approximate surface area is 97.6 Å². The summed E-state index contributed by atoms with van der Waals surface area (Å²) < 4.78 is 4.86. The fourth-order valence-corrected chi connectivity index (χ4v) is 2.21. The van der Waals surface area contributed by atoms with E-state index < -0.39 is 0 Å². The summed E-state index contributed by atoms with van der Waals surface area (Å²) in [5, 5.41) is 9.14. The monoisotopic (exact) mass is 229 g/mol. The Kier molecular flexibility index (Phi) is 6.42. The van der Waals surface area contributed by atoms with Crippen molar-refractivity contribution in [2.24, 2.45) is 0 Å². The maximum absolute atomic E-state index is 11.1. The van der Waals surface area contributed by atoms with E-state index in [0.717, 1.165) is 32.4 Å². The number of nitrogens with zero attached hydrogens (tertiary/aromatic N) is 1. The first kappa shape index (κ1) is 13.5. The molecule has 16 heavy (non-hydrogen) atoms. The van der Waals surface area contributed by atoms with Gasteiger partial charge in [-0.2, -0.15) is 0 Å². The highest BCUT2D eigenvalue weighted by atomic mass is 16.5. The number of rotatable bonds is 7. The lowest BCUT2D eigenvalue weighted by Crippen LogP contribution is -2.33. The molecule has 0 aromatic carbocycles. The first-order valence-electron chi connectivity index (χ1n) is 6.28. The second kappa shape index (κ2) is 7.63. The number of ether oxygens (including phenoxy) is 1. The van der Waals surface area contributed by atoms with Crippen LogP contribution in [0.5, 0.6) is 0 Å². The zero-order valence-electron chi connectivity index (χ0n) is 10.2. The number of unbranched alkanes of at least 4 members (excludes halogenated alkanes) is 1. The maximum Gasteiger partial charge on any atom is 0.305 e. The number of aliphatic hydroxyl groups is 1. The number of hydrogen-bond donors (Lipinski definition) is 1. The molecule has 0 aliphatic carbocycles. The van der Waals surface area contributed by atoms with Gasteiger partial charge in [-0.05, 0) is 45.7 Å². The third-order valence-electron chi connectivity index (χ3n) is 3.09. The summed E-state index contributed by atoms with van der Waals surface area (Å²) in [6.07, 6.45) is 4.70. The van der Waals surface area contributed by atoms with Crippen molar-refractivity contribution in [3.63, 3.8) is 0 Å². The third-order valence-corrected chi connectivity index (χ3v) is 3.09. The lowest BCUT2D eigenvalue weighted by Gasteiger charge is -2.22. The number of carbonyl (C=O) groups excluding carboxylic acids is 1. The largest absolute Gasteiger partial charge is 0.466 e. The van der Waals surface area contributed by atoms with Crippen LogP contribution in [-0.2, 0) is 9.53 Å². The minimum absolute atomic E-state index is 0.0948. The van der Waals surface area contributed by atoms with E-state index in [1.54, 1.807) is 0 Å². The van der Waals surface area contributed by atoms with Crippen LogP contribution in [0.25, 0.3) is 0 Å². The van der Waals surface area contributed by atoms with Crippen LogP contribution in [0.15, 0.2) is 0 Å². The zero-order chi connectivity index (χ0) is 11.8. The standard InChI is InChI=1S/C12H23NO3/c1-2-16-12(15)7-3-4-8-13-9-5-6-11(13)10-14/h11,14H,2-10H2,1H3. The molecule has 4 heteroatoms. The Bertz CT molecular complexity index is 208. The van der Waals surface area contributed by atoms with Crippen molar-refractivity contribution in [3.8, 4) is 0 Å². The Morgan fingerprint density at radius 3 is 3.00 bits per heavy atom. The summed E-state index contributed by atoms with van der Waals surface area (Å²) in [7, 11) is 0. The van der Waals surface area contributed by atoms with Gasteiger partial charge in [-0.25, -0.2) is 0 Å². The van der Waals surface area contributed by atoms with Crippen LogP contribution in [0.1, 0.15) is 39.0 Å². The third kappa shape index (κ3) is 4.49. The van der Waals surface area contributed by atoms with Crippen LogP contribution < -0.4 is 0 Å². The summed E-state index contributed by atoms with van der Waals surface area (Å²) in [6.45, 7) is 4.64. The minimum Gasteiger partial charge on any atom is -0.466 e. The molecule has 1 rings (SSSR count). The van der Waals surface area contributed by atoms with E-state index >= 15 is 0 Å². The summed E-state index contributed by atoms with van der Waals surface area (Å²) in [6, 6.07) is 0.350. The number of hydrogen-bond acceptors (Lipinski definition) is 4. The lowest BCUT2D eigenvalue weighted by atomic mass is 10.2. The fourth-order valence-electron chi connectivity index (χ4n) is 2.21. The first-order valence-corrected chi connectivity index (χ1v) is 6.28. The van der Waals surface area contributed by atoms with Crippen molar-refractivity contribution in [3.05, 3.63) is 0 Å². The van der Waals surface area contributed by atoms with Gasteiger partial charge in [0.2, 0.25) is 0 Å². The molecule has 0 saturated carbocycles. The number of likely N-dealkylation sites (tertiary alicyclic amines) is 1. The smallest absolute Gasteiger partial charge is 0.305 e. The van der Waals surface area contributed by atoms with E-state index in [4.69, 9.17) is 9.84 Å². The molecule has 1 unspecified atom stereocenters. The molecule has 0 spiro atoms. The lowest BCUT2D eigenvalue weighted by molar-refractivity contribution is -0.143. The maximum atomic E-state index is 11.1. The molecule has 0 radical (unpaired) electrons. The van der Waals surface area contributed by atoms with Gasteiger partial charge in [-0.15, -0.1) is 0 Å². The van der Waals surface area contributed by atoms with Gasteiger partial charge in [0.05, 0.1) is 13.2 Å². The molecule has 1 N–H and O–H groups in total. The average Bonchev–Trinajstić information content (AvgIpc) is 2.72. The van der Waals surface area contributed by atoms with Gasteiger partial charge in [0.25, 0.3) is 0 Å². The Morgan fingerprint density at radius 1 is 1.50 bits per heavy atom. The van der Waals surface area contributed by atoms with Gasteiger partial charge >= 0.3 is 5.97 Å². The molecule has 1 aliphatic heterocycles. The molecule has 94 valence electrons. The van der Waals surface area contributed by atoms with E-state index in [0.29, 0.717) is 19.1 Å². The molecule has 1 saturated heterocycles. The van der Waals surface area contributed by atoms with Crippen LogP contribution in [0.2, 0.25) is 0 Å². The van der Waals surface area contributed by atoms with Crippen LogP contribution in [0, 0.1) is 0 Å². The minimum atomic E-state index is -0.0948. The fraction of sp³-hybridized carbons (Fsp3) is 0.917. The Balaban J connectivity index is 2.04. The first-order chi connectivity index (χ1) is 7.77. The highest BCUT2D eigenvalue weighted by Crippen LogP contribution is 2.17. The van der Waals surface area contributed by atoms with E-state index in [2.05, 4.69) is 4.90 Å². The number of esters is 1. The van der Waals surface area contributed by atoms with Crippen molar-refractivity contribution in [1.82, 2.24) is 4.90 Å². The molecule has 1 aliphatic rings. The molecule has 0 amide bonds. The Morgan fingerprint density at radius 2 is 2.31 bits per heavy atom. The van der Waals surface area contributed by atoms with Crippen molar-refractivity contribution >= 4 is 5.97 Å². The molecule has 0 bridgehead atoms. The van der Waals surface area contributed by atoms with Gasteiger partial charge < -0.3 is 9.84 Å². The molecule has 1 fully saturated rings. The molecule has 1 atom stereocenters. The Hall–Kier alpha value is -0.610. The van der Waals surface area contributed by atoms with Crippen LogP contribution >= 0.6 is 0 Å². The molecule has 1 heterocycles. The van der Waals surface area contributed by atoms with Crippen LogP contribution in [0.3, 0.4) is 0 Å². The number of carbonyl (C=O) groups is 1. The van der Waals surface area contributed by atoms with E-state index in [1.807, 2.05) is 6.92 Å². The summed E-state index contributed by atoms with van der Waals surface area (Å²) in [5.41, 5.74) is 0. The summed E-state index contributed by atoms with van der Waals surface area (Å²) >= 11 is 0. The van der Waals surface area contributed by atoms with Crippen molar-refractivity contribution in [2.75, 3.05) is 26.3 Å². The van der Waals surface area contributed by atoms with Gasteiger partial charge in [-0.1, -0.05) is 0 Å². The molecule has 0 aromatic rings. The van der Waals surface area contributed by atoms with Crippen LogP contribution in [-0.4, -0.2) is 48.3 Å². The second-order valence-electron chi connectivity index (χ2n) is 4.28. The van der Waals surface area contributed by atoms with E-state index in [-0.39, 0.29) is 12.6 Å². The summed E-state index contributed by atoms with van der Waals surface area (Å²) in [5.74, 6) is -0.0948. The van der Waals surface area contributed by atoms with Crippen LogP contribution in [0.4, 0.5) is 0 Å². The zero-order valence-corrected chi connectivity index (χ0v) is 10.2. The van der Waals surface area contributed by atoms with Gasteiger partial charge in [-0.3, -0.25) is 9.69 Å². The average molecular weight is 229 g/mol. The summed E-state index contributed by atoms with van der Waals surface area (Å²) in [4.78, 5) is 13.4. The van der Waals surface area contributed by atoms with Crippen molar-refractivity contribution < 1.29 is 14.6 Å². The highest BCUT2D eigenvalue weighted by molar-refractivity contribution is 5.69.